The van der Waals surface area contributed by atoms with E-state index < -0.39 is 68.0 Å². The summed E-state index contributed by atoms with van der Waals surface area (Å²) >= 11 is 0. The first kappa shape index (κ1) is 75.5. The number of carbonyl (C=O) groups excluding carboxylic acids is 4. The summed E-state index contributed by atoms with van der Waals surface area (Å²) < 4.78 is 75.3. The standard InChI is InChI=1S/C74H97N8O17P/c1-9-62(83)76-32-38-89-40-42-91-47-67(93-36-29-65(86)80-59-44-51-20-11-15-24-55(51)73(80,7)57-26-17-13-22-53(57)59)98-69-61(46-96-100(95-35-19-31-75)82(49(3)4)50(5)6)97-71(79-34-28-64(85)78-72(79)88)70(69)99-68(48-92-43-41-90-39-33-77-63(84)10-2)94-37-30-66(87)81-60-45-52-21-12-16-25-56(52)74(81,8)58-27-18-14-23-54(58)60/h11-18,20-28,34,49-50,59-61,67-71H,9-10,19,29-30,32-33,35-48H2,1-8H3,(H,76,83)(H,77,84)(H,78,85,88)/t59-,60-,61-,67?,68?,69-,70-,71-,73+,74+,100?/m1/s1. The number of benzene rings is 4. The van der Waals surface area contributed by atoms with E-state index in [9.17, 15) is 24.4 Å². The number of carbonyl (C=O) groups is 4. The molecule has 1 saturated heterocycles. The first-order valence-corrected chi connectivity index (χ1v) is 36.1. The minimum Gasteiger partial charge on any atom is -0.377 e. The number of nitrogens with one attached hydrogen (secondary N) is 3. The lowest BCUT2D eigenvalue weighted by atomic mass is 9.80. The second-order valence-electron chi connectivity index (χ2n) is 26.1. The number of rotatable bonds is 40. The van der Waals surface area contributed by atoms with Crippen molar-refractivity contribution >= 4 is 32.2 Å². The maximum atomic E-state index is 15.1. The third-order valence-electron chi connectivity index (χ3n) is 19.0. The summed E-state index contributed by atoms with van der Waals surface area (Å²) in [5.74, 6) is -0.520. The second-order valence-corrected chi connectivity index (χ2v) is 27.6. The van der Waals surface area contributed by atoms with E-state index in [-0.39, 0.29) is 146 Å². The Morgan fingerprint density at radius 2 is 1.09 bits per heavy atom. The second kappa shape index (κ2) is 35.7. The van der Waals surface area contributed by atoms with Crippen LogP contribution in [0.5, 0.6) is 0 Å². The van der Waals surface area contributed by atoms with E-state index in [1.54, 1.807) is 13.8 Å². The average Bonchev–Trinajstić information content (AvgIpc) is 1.54. The smallest absolute Gasteiger partial charge is 0.330 e. The van der Waals surface area contributed by atoms with Gasteiger partial charge in [0.25, 0.3) is 14.1 Å². The maximum Gasteiger partial charge on any atom is 0.330 e. The van der Waals surface area contributed by atoms with Gasteiger partial charge < -0.3 is 72.1 Å². The van der Waals surface area contributed by atoms with E-state index in [2.05, 4.69) is 88.7 Å². The molecule has 0 radical (unpaired) electrons. The topological polar surface area (TPSA) is 282 Å². The Morgan fingerprint density at radius 1 is 0.620 bits per heavy atom. The molecule has 6 heterocycles. The number of fused-ring (bicyclic) bond motifs is 14. The molecule has 5 aromatic rings. The normalized spacial score (nSPS) is 22.5. The van der Waals surface area contributed by atoms with E-state index in [4.69, 9.17) is 51.7 Å². The van der Waals surface area contributed by atoms with E-state index >= 15 is 9.59 Å². The van der Waals surface area contributed by atoms with Crippen LogP contribution in [0.1, 0.15) is 150 Å². The van der Waals surface area contributed by atoms with Gasteiger partial charge in [-0.2, -0.15) is 5.26 Å². The van der Waals surface area contributed by atoms with Gasteiger partial charge in [0, 0.05) is 50.3 Å². The summed E-state index contributed by atoms with van der Waals surface area (Å²) in [7, 11) is -1.90. The molecule has 100 heavy (non-hydrogen) atoms. The van der Waals surface area contributed by atoms with Crippen molar-refractivity contribution in [3.05, 3.63) is 175 Å². The maximum absolute atomic E-state index is 15.1. The van der Waals surface area contributed by atoms with Crippen LogP contribution >= 0.6 is 8.53 Å². The first-order chi connectivity index (χ1) is 48.4. The molecule has 0 aliphatic carbocycles. The van der Waals surface area contributed by atoms with Crippen LogP contribution in [0.25, 0.3) is 0 Å². The predicted octanol–water partition coefficient (Wildman–Crippen LogP) is 7.89. The molecule has 11 atom stereocenters. The first-order valence-electron chi connectivity index (χ1n) is 35.0. The molecule has 4 amide bonds. The summed E-state index contributed by atoms with van der Waals surface area (Å²) in [6.07, 6.45) is -4.66. The minimum absolute atomic E-state index is 0.0479. The molecule has 10 rings (SSSR count). The van der Waals surface area contributed by atoms with Gasteiger partial charge in [0.15, 0.2) is 18.8 Å². The Kier molecular flexibility index (Phi) is 26.9. The Bertz CT molecular complexity index is 3700. The molecule has 25 nitrogen and oxygen atoms in total. The monoisotopic (exact) mass is 1400 g/mol. The third kappa shape index (κ3) is 17.3. The molecule has 3 unspecified atom stereocenters. The SMILES string of the molecule is CCC(=O)NCCOCCOCC(OCCC(=O)N1[C@@H]2Cc3ccccc3[C@@]1(C)c1ccccc12)O[C@@H]1[C@H](OC(COCCOCCNC(=O)CC)OCCC(=O)N2[C@@H]3Cc4ccccc4[C@@]2(C)c2ccccc23)[C@@H](COP(OCCC#N)N(C(C)C)C(C)C)O[C@H]1n1ccc(=O)[nH]c1=O. The molecule has 0 saturated carbocycles. The highest BCUT2D eigenvalue weighted by atomic mass is 31.2. The van der Waals surface area contributed by atoms with Gasteiger partial charge >= 0.3 is 5.69 Å². The van der Waals surface area contributed by atoms with Gasteiger partial charge in [0.05, 0.1) is 128 Å². The number of H-pyrrole nitrogens is 1. The zero-order valence-electron chi connectivity index (χ0n) is 58.6. The molecular formula is C74H97N8O17P. The Hall–Kier alpha value is -7.12. The molecule has 1 fully saturated rings. The Balaban J connectivity index is 0.969. The van der Waals surface area contributed by atoms with Crippen molar-refractivity contribution in [3.63, 3.8) is 0 Å². The van der Waals surface area contributed by atoms with Crippen LogP contribution in [0.4, 0.5) is 0 Å². The largest absolute Gasteiger partial charge is 0.377 e. The third-order valence-corrected chi connectivity index (χ3v) is 21.1. The highest BCUT2D eigenvalue weighted by molar-refractivity contribution is 7.44. The highest BCUT2D eigenvalue weighted by Gasteiger charge is 2.56. The van der Waals surface area contributed by atoms with Crippen LogP contribution in [0.3, 0.4) is 0 Å². The lowest BCUT2D eigenvalue weighted by Crippen LogP contribution is -2.49. The van der Waals surface area contributed by atoms with Crippen LogP contribution in [0.15, 0.2) is 119 Å². The van der Waals surface area contributed by atoms with Crippen LogP contribution in [-0.2, 0) is 94.8 Å². The number of ether oxygens (including phenoxy) is 9. The zero-order chi connectivity index (χ0) is 70.9. The minimum atomic E-state index is -1.90. The van der Waals surface area contributed by atoms with E-state index in [0.29, 0.717) is 38.8 Å². The lowest BCUT2D eigenvalue weighted by Gasteiger charge is -2.44. The van der Waals surface area contributed by atoms with Crippen molar-refractivity contribution < 1.29 is 70.9 Å². The van der Waals surface area contributed by atoms with Gasteiger partial charge in [-0.05, 0) is 98.9 Å². The van der Waals surface area contributed by atoms with E-state index in [1.165, 1.54) is 28.0 Å². The average molecular weight is 1400 g/mol. The van der Waals surface area contributed by atoms with Crippen molar-refractivity contribution in [1.29, 1.82) is 5.26 Å². The van der Waals surface area contributed by atoms with Crippen LogP contribution in [-0.4, -0.2) is 183 Å². The van der Waals surface area contributed by atoms with Gasteiger partial charge in [0.2, 0.25) is 23.6 Å². The van der Waals surface area contributed by atoms with Gasteiger partial charge in [-0.15, -0.1) is 0 Å². The van der Waals surface area contributed by atoms with Gasteiger partial charge in [-0.1, -0.05) is 111 Å². The number of amides is 4. The molecular weight excluding hydrogens is 1300 g/mol. The lowest BCUT2D eigenvalue weighted by molar-refractivity contribution is -0.254. The molecule has 4 aromatic carbocycles. The fourth-order valence-electron chi connectivity index (χ4n) is 14.6. The molecule has 4 bridgehead atoms. The number of nitrogens with zero attached hydrogens (tertiary/aromatic N) is 5. The number of aromatic amines is 1. The predicted molar refractivity (Wildman–Crippen MR) is 370 cm³/mol. The van der Waals surface area contributed by atoms with Crippen LogP contribution in [0.2, 0.25) is 0 Å². The molecule has 26 heteroatoms. The van der Waals surface area contributed by atoms with E-state index in [1.807, 2.05) is 86.0 Å². The summed E-state index contributed by atoms with van der Waals surface area (Å²) in [5.41, 5.74) is 5.69. The fourth-order valence-corrected chi connectivity index (χ4v) is 16.2. The van der Waals surface area contributed by atoms with Gasteiger partial charge in [-0.25, -0.2) is 9.46 Å². The quantitative estimate of drug-likeness (QED) is 0.0191. The number of nitriles is 1. The van der Waals surface area contributed by atoms with Gasteiger partial charge in [-0.3, -0.25) is 33.5 Å². The van der Waals surface area contributed by atoms with Crippen LogP contribution in [0, 0.1) is 11.3 Å². The molecule has 1 aromatic heterocycles. The highest BCUT2D eigenvalue weighted by Crippen LogP contribution is 2.57. The Morgan fingerprint density at radius 3 is 1.57 bits per heavy atom. The zero-order valence-corrected chi connectivity index (χ0v) is 59.5. The molecule has 5 aliphatic rings. The number of aromatic nitrogens is 2. The summed E-state index contributed by atoms with van der Waals surface area (Å²) in [6.45, 7) is 16.2. The number of hydrogen-bond donors (Lipinski definition) is 3. The van der Waals surface area contributed by atoms with Crippen molar-refractivity contribution in [2.75, 3.05) is 92.4 Å². The summed E-state index contributed by atoms with van der Waals surface area (Å²) in [5, 5.41) is 15.2. The summed E-state index contributed by atoms with van der Waals surface area (Å²) in [6, 6.07) is 35.5. The Labute approximate surface area is 586 Å². The number of hydrogen-bond acceptors (Lipinski definition) is 19. The fraction of sp³-hybridized carbons (Fsp3) is 0.554. The van der Waals surface area contributed by atoms with Crippen molar-refractivity contribution in [2.45, 2.75) is 173 Å². The molecule has 5 aliphatic heterocycles. The van der Waals surface area contributed by atoms with E-state index in [0.717, 1.165) is 33.4 Å². The van der Waals surface area contributed by atoms with Crippen molar-refractivity contribution in [1.82, 2.24) is 34.7 Å². The molecule has 0 spiro atoms. The van der Waals surface area contributed by atoms with Gasteiger partial charge in [0.1, 0.15) is 18.3 Å². The van der Waals surface area contributed by atoms with Crippen molar-refractivity contribution in [2.24, 2.45) is 0 Å². The van der Waals surface area contributed by atoms with Crippen LogP contribution < -0.4 is 21.9 Å². The van der Waals surface area contributed by atoms with Crippen molar-refractivity contribution in [3.8, 4) is 6.07 Å². The molecule has 3 N–H and O–H groups in total. The molecule has 540 valence electrons. The summed E-state index contributed by atoms with van der Waals surface area (Å²) in [4.78, 5) is 87.5.